The number of aromatic nitrogens is 4. The molecule has 0 saturated carbocycles. The molecule has 9 nitrogen and oxygen atoms in total. The second-order valence-corrected chi connectivity index (χ2v) is 8.73. The molecule has 0 N–H and O–H groups in total. The maximum absolute atomic E-state index is 13.1. The zero-order chi connectivity index (χ0) is 20.4. The van der Waals surface area contributed by atoms with E-state index in [-0.39, 0.29) is 10.6 Å². The van der Waals surface area contributed by atoms with Crippen LogP contribution in [-0.2, 0) is 10.0 Å². The summed E-state index contributed by atoms with van der Waals surface area (Å²) in [5.41, 5.74) is 0. The Hall–Kier alpha value is -2.69. The van der Waals surface area contributed by atoms with Crippen molar-refractivity contribution >= 4 is 27.4 Å². The van der Waals surface area contributed by atoms with E-state index in [9.17, 15) is 8.42 Å². The maximum atomic E-state index is 13.1. The van der Waals surface area contributed by atoms with Crippen LogP contribution in [0.1, 0.15) is 0 Å². The average molecular weight is 435 g/mol. The highest BCUT2D eigenvalue weighted by Gasteiger charge is 2.31. The van der Waals surface area contributed by atoms with Crippen LogP contribution in [0.5, 0.6) is 5.75 Å². The highest BCUT2D eigenvalue weighted by molar-refractivity contribution is 7.89. The minimum Gasteiger partial charge on any atom is -0.495 e. The zero-order valence-electron chi connectivity index (χ0n) is 15.6. The van der Waals surface area contributed by atoms with E-state index in [4.69, 9.17) is 16.3 Å². The SMILES string of the molecule is COc1ccc(Cl)cc1S(=O)(=O)N1CCN(c2ccc(-n3cccn3)nn2)CC1. The summed E-state index contributed by atoms with van der Waals surface area (Å²) in [4.78, 5) is 2.07. The van der Waals surface area contributed by atoms with Gasteiger partial charge in [0.1, 0.15) is 10.6 Å². The summed E-state index contributed by atoms with van der Waals surface area (Å²) in [6.07, 6.45) is 3.46. The molecule has 3 aromatic rings. The Bertz CT molecular complexity index is 1080. The first-order chi connectivity index (χ1) is 14.0. The number of hydrogen-bond donors (Lipinski definition) is 0. The molecule has 152 valence electrons. The summed E-state index contributed by atoms with van der Waals surface area (Å²) in [5, 5.41) is 12.9. The molecule has 0 radical (unpaired) electrons. The Morgan fingerprint density at radius 3 is 2.38 bits per heavy atom. The van der Waals surface area contributed by atoms with Crippen molar-refractivity contribution in [3.05, 3.63) is 53.8 Å². The van der Waals surface area contributed by atoms with Crippen LogP contribution in [0.2, 0.25) is 5.02 Å². The van der Waals surface area contributed by atoms with E-state index in [1.54, 1.807) is 29.2 Å². The number of ether oxygens (including phenoxy) is 1. The summed E-state index contributed by atoms with van der Waals surface area (Å²) < 4.78 is 34.4. The number of hydrogen-bond acceptors (Lipinski definition) is 7. The fraction of sp³-hybridized carbons (Fsp3) is 0.278. The van der Waals surface area contributed by atoms with E-state index < -0.39 is 10.0 Å². The highest BCUT2D eigenvalue weighted by atomic mass is 35.5. The van der Waals surface area contributed by atoms with Crippen molar-refractivity contribution in [3.8, 4) is 11.6 Å². The molecule has 1 aromatic carbocycles. The van der Waals surface area contributed by atoms with Crippen LogP contribution in [0.25, 0.3) is 5.82 Å². The van der Waals surface area contributed by atoms with Crippen LogP contribution < -0.4 is 9.64 Å². The molecule has 1 fully saturated rings. The van der Waals surface area contributed by atoms with E-state index in [1.165, 1.54) is 17.5 Å². The number of benzene rings is 1. The van der Waals surface area contributed by atoms with Crippen LogP contribution in [0.4, 0.5) is 5.82 Å². The number of halogens is 1. The molecule has 1 aliphatic heterocycles. The number of sulfonamides is 1. The lowest BCUT2D eigenvalue weighted by Crippen LogP contribution is -2.49. The molecule has 0 unspecified atom stereocenters. The van der Waals surface area contributed by atoms with Crippen molar-refractivity contribution in [1.82, 2.24) is 24.3 Å². The van der Waals surface area contributed by atoms with E-state index >= 15 is 0 Å². The molecule has 0 amide bonds. The predicted octanol–water partition coefficient (Wildman–Crippen LogP) is 1.84. The summed E-state index contributed by atoms with van der Waals surface area (Å²) in [6, 6.07) is 10.1. The summed E-state index contributed by atoms with van der Waals surface area (Å²) in [5.74, 6) is 1.59. The smallest absolute Gasteiger partial charge is 0.246 e. The van der Waals surface area contributed by atoms with Crippen molar-refractivity contribution in [2.45, 2.75) is 4.90 Å². The van der Waals surface area contributed by atoms with E-state index in [1.807, 2.05) is 23.1 Å². The van der Waals surface area contributed by atoms with Gasteiger partial charge in [-0.15, -0.1) is 10.2 Å². The van der Waals surface area contributed by atoms with E-state index in [0.717, 1.165) is 0 Å². The second-order valence-electron chi connectivity index (χ2n) is 6.39. The van der Waals surface area contributed by atoms with Gasteiger partial charge in [-0.25, -0.2) is 13.1 Å². The quantitative estimate of drug-likeness (QED) is 0.604. The summed E-state index contributed by atoms with van der Waals surface area (Å²) >= 11 is 6.00. The number of piperazine rings is 1. The van der Waals surface area contributed by atoms with E-state index in [0.29, 0.717) is 42.8 Å². The molecule has 0 aliphatic carbocycles. The molecule has 0 bridgehead atoms. The van der Waals surface area contributed by atoms with Crippen LogP contribution in [-0.4, -0.2) is 66.0 Å². The van der Waals surface area contributed by atoms with Crippen LogP contribution >= 0.6 is 11.6 Å². The lowest BCUT2D eigenvalue weighted by molar-refractivity contribution is 0.373. The van der Waals surface area contributed by atoms with Crippen LogP contribution in [0.3, 0.4) is 0 Å². The molecule has 1 aliphatic rings. The number of nitrogens with zero attached hydrogens (tertiary/aromatic N) is 6. The topological polar surface area (TPSA) is 93.5 Å². The molecule has 29 heavy (non-hydrogen) atoms. The third-order valence-corrected chi connectivity index (χ3v) is 6.84. The Balaban J connectivity index is 1.47. The molecule has 3 heterocycles. The first-order valence-corrected chi connectivity index (χ1v) is 10.7. The molecule has 0 atom stereocenters. The molecule has 1 saturated heterocycles. The standard InChI is InChI=1S/C18H19ClN6O3S/c1-28-15-4-3-14(19)13-16(15)29(26,27)24-11-9-23(10-12-24)17-5-6-18(22-21-17)25-8-2-7-20-25/h2-8,13H,9-12H2,1H3. The minimum atomic E-state index is -3.72. The zero-order valence-corrected chi connectivity index (χ0v) is 17.2. The van der Waals surface area contributed by atoms with Gasteiger partial charge in [-0.05, 0) is 36.4 Å². The van der Waals surface area contributed by atoms with Crippen molar-refractivity contribution in [3.63, 3.8) is 0 Å². The van der Waals surface area contributed by atoms with Gasteiger partial charge in [-0.1, -0.05) is 11.6 Å². The molecule has 11 heteroatoms. The van der Waals surface area contributed by atoms with Gasteiger partial charge in [0.2, 0.25) is 10.0 Å². The highest BCUT2D eigenvalue weighted by Crippen LogP contribution is 2.30. The van der Waals surface area contributed by atoms with Gasteiger partial charge in [0.25, 0.3) is 0 Å². The molecule has 0 spiro atoms. The van der Waals surface area contributed by atoms with Gasteiger partial charge in [0.15, 0.2) is 11.6 Å². The van der Waals surface area contributed by atoms with Gasteiger partial charge in [-0.2, -0.15) is 9.40 Å². The Kier molecular flexibility index (Phi) is 5.39. The number of rotatable bonds is 5. The van der Waals surface area contributed by atoms with Gasteiger partial charge in [-0.3, -0.25) is 0 Å². The molecular formula is C18H19ClN6O3S. The summed E-state index contributed by atoms with van der Waals surface area (Å²) in [6.45, 7) is 1.64. The second kappa shape index (κ2) is 7.97. The van der Waals surface area contributed by atoms with Crippen molar-refractivity contribution in [2.75, 3.05) is 38.2 Å². The normalized spacial score (nSPS) is 15.4. The Labute approximate surface area is 173 Å². The predicted molar refractivity (Wildman–Crippen MR) is 108 cm³/mol. The van der Waals surface area contributed by atoms with Crippen LogP contribution in [0.15, 0.2) is 53.7 Å². The lowest BCUT2D eigenvalue weighted by Gasteiger charge is -2.34. The van der Waals surface area contributed by atoms with Crippen LogP contribution in [0, 0.1) is 0 Å². The summed E-state index contributed by atoms with van der Waals surface area (Å²) in [7, 11) is -2.28. The third-order valence-electron chi connectivity index (χ3n) is 4.68. The first-order valence-electron chi connectivity index (χ1n) is 8.91. The van der Waals surface area contributed by atoms with Crippen molar-refractivity contribution < 1.29 is 13.2 Å². The minimum absolute atomic E-state index is 0.0734. The van der Waals surface area contributed by atoms with Gasteiger partial charge in [0.05, 0.1) is 7.11 Å². The van der Waals surface area contributed by atoms with Crippen molar-refractivity contribution in [1.29, 1.82) is 0 Å². The number of anilines is 1. The Morgan fingerprint density at radius 1 is 1.03 bits per heavy atom. The number of methoxy groups -OCH3 is 1. The fourth-order valence-electron chi connectivity index (χ4n) is 3.16. The third kappa shape index (κ3) is 3.91. The fourth-order valence-corrected chi connectivity index (χ4v) is 5.00. The maximum Gasteiger partial charge on any atom is 0.246 e. The first kappa shape index (κ1) is 19.6. The van der Waals surface area contributed by atoms with E-state index in [2.05, 4.69) is 15.3 Å². The van der Waals surface area contributed by atoms with Gasteiger partial charge in [0, 0.05) is 43.6 Å². The lowest BCUT2D eigenvalue weighted by atomic mass is 10.3. The Morgan fingerprint density at radius 2 is 1.76 bits per heavy atom. The van der Waals surface area contributed by atoms with Gasteiger partial charge < -0.3 is 9.64 Å². The van der Waals surface area contributed by atoms with Crippen molar-refractivity contribution in [2.24, 2.45) is 0 Å². The molecule has 2 aromatic heterocycles. The largest absolute Gasteiger partial charge is 0.495 e. The average Bonchev–Trinajstić information content (AvgIpc) is 3.29. The monoisotopic (exact) mass is 434 g/mol. The molecule has 4 rings (SSSR count). The molecular weight excluding hydrogens is 416 g/mol. The van der Waals surface area contributed by atoms with Gasteiger partial charge >= 0.3 is 0 Å².